The van der Waals surface area contributed by atoms with Gasteiger partial charge in [-0.2, -0.15) is 0 Å². The van der Waals surface area contributed by atoms with Gasteiger partial charge in [-0.15, -0.1) is 0 Å². The molecular weight excluding hydrogens is 176 g/mol. The molecule has 0 bridgehead atoms. The summed E-state index contributed by atoms with van der Waals surface area (Å²) in [6, 6.07) is 0. The van der Waals surface area contributed by atoms with Gasteiger partial charge in [0.2, 0.25) is 0 Å². The highest BCUT2D eigenvalue weighted by molar-refractivity contribution is 5.46. The fraction of sp³-hybridized carbons (Fsp3) is 0.273. The first-order chi connectivity index (χ1) is 6.67. The highest BCUT2D eigenvalue weighted by Gasteiger charge is 2.07. The summed E-state index contributed by atoms with van der Waals surface area (Å²) in [5.74, 6) is 0.270. The maximum Gasteiger partial charge on any atom is 0.119 e. The number of rotatable bonds is 2. The molecule has 0 radical (unpaired) electrons. The first-order valence-electron chi connectivity index (χ1n) is 4.60. The molecule has 0 aromatic heterocycles. The summed E-state index contributed by atoms with van der Waals surface area (Å²) in [4.78, 5) is 0. The third kappa shape index (κ3) is 2.50. The second kappa shape index (κ2) is 4.67. The molecule has 0 spiro atoms. The van der Waals surface area contributed by atoms with Gasteiger partial charge in [0.1, 0.15) is 5.76 Å². The molecule has 1 rings (SSSR count). The Labute approximate surface area is 84.1 Å². The minimum absolute atomic E-state index is 0.270. The van der Waals surface area contributed by atoms with Crippen LogP contribution in [0.4, 0.5) is 0 Å². The fourth-order valence-electron chi connectivity index (χ4n) is 1.24. The van der Waals surface area contributed by atoms with E-state index in [0.29, 0.717) is 12.2 Å². The van der Waals surface area contributed by atoms with Crippen molar-refractivity contribution in [3.05, 3.63) is 46.9 Å². The molecule has 0 aromatic rings. The predicted molar refractivity (Wildman–Crippen MR) is 58.5 cm³/mol. The predicted octanol–water partition coefficient (Wildman–Crippen LogP) is 1.51. The molecule has 0 fully saturated rings. The summed E-state index contributed by atoms with van der Waals surface area (Å²) >= 11 is 0. The molecule has 3 nitrogen and oxygen atoms in total. The number of hydrogen-bond acceptors (Lipinski definition) is 3. The summed E-state index contributed by atoms with van der Waals surface area (Å²) in [6.07, 6.45) is 8.16. The molecule has 1 aliphatic rings. The van der Waals surface area contributed by atoms with E-state index >= 15 is 0 Å². The number of aliphatic hydroxyl groups is 1. The molecule has 5 N–H and O–H groups in total. The van der Waals surface area contributed by atoms with Crippen molar-refractivity contribution in [2.75, 3.05) is 6.54 Å². The first kappa shape index (κ1) is 10.6. The van der Waals surface area contributed by atoms with Gasteiger partial charge in [0, 0.05) is 17.8 Å². The van der Waals surface area contributed by atoms with Crippen LogP contribution >= 0.6 is 0 Å². The Kier molecular flexibility index (Phi) is 3.54. The van der Waals surface area contributed by atoms with Crippen LogP contribution in [0.15, 0.2) is 46.9 Å². The van der Waals surface area contributed by atoms with Crippen molar-refractivity contribution < 1.29 is 5.11 Å². The van der Waals surface area contributed by atoms with Crippen molar-refractivity contribution >= 4 is 0 Å². The van der Waals surface area contributed by atoms with Gasteiger partial charge in [-0.05, 0) is 37.1 Å². The van der Waals surface area contributed by atoms with E-state index in [2.05, 4.69) is 0 Å². The van der Waals surface area contributed by atoms with Crippen LogP contribution in [-0.4, -0.2) is 11.7 Å². The summed E-state index contributed by atoms with van der Waals surface area (Å²) in [5, 5.41) is 9.55. The SMILES string of the molecule is CC=C1C=C(C=C(N)CN)C(O)=CC1. The van der Waals surface area contributed by atoms with E-state index in [-0.39, 0.29) is 5.76 Å². The van der Waals surface area contributed by atoms with Crippen molar-refractivity contribution in [1.29, 1.82) is 0 Å². The average Bonchev–Trinajstić information content (AvgIpc) is 2.21. The Morgan fingerprint density at radius 3 is 2.93 bits per heavy atom. The van der Waals surface area contributed by atoms with Crippen LogP contribution in [0.5, 0.6) is 0 Å². The number of nitrogens with two attached hydrogens (primary N) is 2. The molecule has 0 aromatic carbocycles. The molecule has 0 heterocycles. The molecule has 0 atom stereocenters. The second-order valence-corrected chi connectivity index (χ2v) is 3.18. The third-order valence-corrected chi connectivity index (χ3v) is 2.12. The lowest BCUT2D eigenvalue weighted by Crippen LogP contribution is -2.11. The summed E-state index contributed by atoms with van der Waals surface area (Å²) in [7, 11) is 0. The first-order valence-corrected chi connectivity index (χ1v) is 4.60. The third-order valence-electron chi connectivity index (χ3n) is 2.12. The number of aliphatic hydroxyl groups excluding tert-OH is 1. The zero-order chi connectivity index (χ0) is 10.6. The van der Waals surface area contributed by atoms with Gasteiger partial charge in [0.15, 0.2) is 0 Å². The van der Waals surface area contributed by atoms with E-state index in [1.54, 1.807) is 12.2 Å². The number of hydrogen-bond donors (Lipinski definition) is 3. The lowest BCUT2D eigenvalue weighted by Gasteiger charge is -2.10. The van der Waals surface area contributed by atoms with Crippen LogP contribution in [0.1, 0.15) is 13.3 Å². The van der Waals surface area contributed by atoms with Gasteiger partial charge < -0.3 is 16.6 Å². The smallest absolute Gasteiger partial charge is 0.119 e. The lowest BCUT2D eigenvalue weighted by atomic mass is 9.99. The monoisotopic (exact) mass is 192 g/mol. The van der Waals surface area contributed by atoms with E-state index < -0.39 is 0 Å². The minimum Gasteiger partial charge on any atom is -0.508 e. The Bertz CT molecular complexity index is 335. The summed E-state index contributed by atoms with van der Waals surface area (Å²) in [6.45, 7) is 2.27. The van der Waals surface area contributed by atoms with Crippen molar-refractivity contribution in [3.8, 4) is 0 Å². The Hall–Kier alpha value is -1.48. The van der Waals surface area contributed by atoms with E-state index in [9.17, 15) is 5.11 Å². The minimum atomic E-state index is 0.270. The van der Waals surface area contributed by atoms with E-state index in [4.69, 9.17) is 11.5 Å². The molecule has 0 aliphatic heterocycles. The quantitative estimate of drug-likeness (QED) is 0.621. The molecule has 0 amide bonds. The fourth-order valence-corrected chi connectivity index (χ4v) is 1.24. The van der Waals surface area contributed by atoms with Crippen LogP contribution < -0.4 is 11.5 Å². The maximum atomic E-state index is 9.55. The van der Waals surface area contributed by atoms with Crippen molar-refractivity contribution in [3.63, 3.8) is 0 Å². The number of allylic oxidation sites excluding steroid dienone is 5. The van der Waals surface area contributed by atoms with Crippen molar-refractivity contribution in [2.45, 2.75) is 13.3 Å². The molecule has 1 aliphatic carbocycles. The Morgan fingerprint density at radius 1 is 1.64 bits per heavy atom. The van der Waals surface area contributed by atoms with Gasteiger partial charge >= 0.3 is 0 Å². The van der Waals surface area contributed by atoms with Gasteiger partial charge in [0.25, 0.3) is 0 Å². The molecule has 3 heteroatoms. The van der Waals surface area contributed by atoms with Crippen molar-refractivity contribution in [2.24, 2.45) is 11.5 Å². The van der Waals surface area contributed by atoms with Gasteiger partial charge in [0.05, 0.1) is 0 Å². The zero-order valence-corrected chi connectivity index (χ0v) is 8.33. The maximum absolute atomic E-state index is 9.55. The van der Waals surface area contributed by atoms with E-state index in [0.717, 1.165) is 12.0 Å². The Balaban J connectivity index is 2.95. The second-order valence-electron chi connectivity index (χ2n) is 3.18. The Morgan fingerprint density at radius 2 is 2.36 bits per heavy atom. The lowest BCUT2D eigenvalue weighted by molar-refractivity contribution is 0.422. The molecule has 14 heavy (non-hydrogen) atoms. The molecule has 76 valence electrons. The summed E-state index contributed by atoms with van der Waals surface area (Å²) < 4.78 is 0. The van der Waals surface area contributed by atoms with E-state index in [1.807, 2.05) is 19.1 Å². The average molecular weight is 192 g/mol. The zero-order valence-electron chi connectivity index (χ0n) is 8.33. The van der Waals surface area contributed by atoms with Crippen LogP contribution in [0, 0.1) is 0 Å². The topological polar surface area (TPSA) is 72.3 Å². The van der Waals surface area contributed by atoms with Gasteiger partial charge in [-0.3, -0.25) is 0 Å². The van der Waals surface area contributed by atoms with Crippen LogP contribution in [-0.2, 0) is 0 Å². The normalized spacial score (nSPS) is 20.7. The standard InChI is InChI=1S/C11H16N2O/c1-2-8-3-4-11(14)9(5-8)6-10(13)7-12/h2,4-6,14H,3,7,12-13H2,1H3. The van der Waals surface area contributed by atoms with Crippen LogP contribution in [0.25, 0.3) is 0 Å². The molecule has 0 saturated carbocycles. The van der Waals surface area contributed by atoms with Gasteiger partial charge in [-0.1, -0.05) is 6.08 Å². The highest BCUT2D eigenvalue weighted by atomic mass is 16.3. The van der Waals surface area contributed by atoms with E-state index in [1.165, 1.54) is 5.57 Å². The van der Waals surface area contributed by atoms with Crippen LogP contribution in [0.3, 0.4) is 0 Å². The summed E-state index contributed by atoms with van der Waals surface area (Å²) in [5.41, 5.74) is 13.4. The highest BCUT2D eigenvalue weighted by Crippen LogP contribution is 2.21. The molecular formula is C11H16N2O. The van der Waals surface area contributed by atoms with Gasteiger partial charge in [-0.25, -0.2) is 0 Å². The molecule has 0 unspecified atom stereocenters. The molecule has 0 saturated heterocycles. The van der Waals surface area contributed by atoms with Crippen molar-refractivity contribution in [1.82, 2.24) is 0 Å². The van der Waals surface area contributed by atoms with Crippen LogP contribution in [0.2, 0.25) is 0 Å². The largest absolute Gasteiger partial charge is 0.508 e.